The minimum absolute atomic E-state index is 0.0468. The Kier molecular flexibility index (Phi) is 3.57. The quantitative estimate of drug-likeness (QED) is 0.345. The maximum absolute atomic E-state index is 12.4. The van der Waals surface area contributed by atoms with Crippen molar-refractivity contribution in [2.24, 2.45) is 28.6 Å². The van der Waals surface area contributed by atoms with Crippen LogP contribution in [-0.4, -0.2) is 17.0 Å². The molecule has 0 aromatic heterocycles. The molecule has 0 saturated heterocycles. The molecule has 0 radical (unpaired) electrons. The van der Waals surface area contributed by atoms with Crippen molar-refractivity contribution in [2.45, 2.75) is 32.6 Å². The molecule has 1 amide bonds. The summed E-state index contributed by atoms with van der Waals surface area (Å²) in [6.07, 6.45) is 4.88. The molecule has 0 aliphatic heterocycles. The second-order valence-corrected chi connectivity index (χ2v) is 6.14. The van der Waals surface area contributed by atoms with Gasteiger partial charge in [0.15, 0.2) is 5.84 Å². The number of fused-ring (bicyclic) bond motifs is 1. The van der Waals surface area contributed by atoms with E-state index in [0.717, 1.165) is 11.3 Å². The SMILES string of the molecule is Cc1ccc(/C(N)=N/O)cc1NC(=O)C1C2CCCCC21. The first kappa shape index (κ1) is 13.9. The van der Waals surface area contributed by atoms with E-state index in [2.05, 4.69) is 10.5 Å². The fourth-order valence-electron chi connectivity index (χ4n) is 3.57. The van der Waals surface area contributed by atoms with E-state index < -0.39 is 0 Å². The zero-order valence-electron chi connectivity index (χ0n) is 12.2. The highest BCUT2D eigenvalue weighted by Gasteiger charge is 2.54. The van der Waals surface area contributed by atoms with Gasteiger partial charge in [-0.2, -0.15) is 0 Å². The highest BCUT2D eigenvalue weighted by atomic mass is 16.4. The molecule has 2 atom stereocenters. The van der Waals surface area contributed by atoms with Crippen LogP contribution in [0, 0.1) is 24.7 Å². The number of hydrogen-bond acceptors (Lipinski definition) is 3. The molecule has 21 heavy (non-hydrogen) atoms. The fourth-order valence-corrected chi connectivity index (χ4v) is 3.57. The Balaban J connectivity index is 1.74. The van der Waals surface area contributed by atoms with E-state index in [-0.39, 0.29) is 17.7 Å². The molecule has 5 heteroatoms. The van der Waals surface area contributed by atoms with Gasteiger partial charge < -0.3 is 16.3 Å². The van der Waals surface area contributed by atoms with Gasteiger partial charge in [-0.25, -0.2) is 0 Å². The summed E-state index contributed by atoms with van der Waals surface area (Å²) in [5, 5.41) is 14.8. The van der Waals surface area contributed by atoms with Gasteiger partial charge in [-0.15, -0.1) is 0 Å². The van der Waals surface area contributed by atoms with E-state index in [1.165, 1.54) is 25.7 Å². The van der Waals surface area contributed by atoms with Gasteiger partial charge in [-0.05, 0) is 43.2 Å². The van der Waals surface area contributed by atoms with Crippen LogP contribution in [0.1, 0.15) is 36.8 Å². The number of nitrogens with two attached hydrogens (primary N) is 1. The van der Waals surface area contributed by atoms with Crippen molar-refractivity contribution in [3.8, 4) is 0 Å². The smallest absolute Gasteiger partial charge is 0.228 e. The number of nitrogens with zero attached hydrogens (tertiary/aromatic N) is 1. The lowest BCUT2D eigenvalue weighted by Gasteiger charge is -2.10. The Hall–Kier alpha value is -2.04. The first-order valence-electron chi connectivity index (χ1n) is 7.51. The molecule has 0 spiro atoms. The van der Waals surface area contributed by atoms with E-state index in [1.54, 1.807) is 12.1 Å². The maximum Gasteiger partial charge on any atom is 0.228 e. The van der Waals surface area contributed by atoms with Crippen LogP contribution >= 0.6 is 0 Å². The minimum atomic E-state index is 0.0468. The van der Waals surface area contributed by atoms with Crippen LogP contribution in [0.2, 0.25) is 0 Å². The van der Waals surface area contributed by atoms with Gasteiger partial charge in [0.1, 0.15) is 0 Å². The number of rotatable bonds is 3. The molecule has 4 N–H and O–H groups in total. The molecule has 2 aliphatic carbocycles. The van der Waals surface area contributed by atoms with Crippen LogP contribution in [0.15, 0.2) is 23.4 Å². The van der Waals surface area contributed by atoms with Crippen LogP contribution in [0.3, 0.4) is 0 Å². The average molecular weight is 287 g/mol. The summed E-state index contributed by atoms with van der Waals surface area (Å²) in [5.41, 5.74) is 7.92. The third-order valence-corrected chi connectivity index (χ3v) is 4.86. The molecular weight excluding hydrogens is 266 g/mol. The number of amidine groups is 1. The number of amides is 1. The van der Waals surface area contributed by atoms with Crippen molar-refractivity contribution >= 4 is 17.4 Å². The number of anilines is 1. The summed E-state index contributed by atoms with van der Waals surface area (Å²) < 4.78 is 0. The van der Waals surface area contributed by atoms with E-state index in [4.69, 9.17) is 10.9 Å². The van der Waals surface area contributed by atoms with Crippen molar-refractivity contribution in [1.82, 2.24) is 0 Å². The fraction of sp³-hybridized carbons (Fsp3) is 0.500. The largest absolute Gasteiger partial charge is 0.409 e. The number of oxime groups is 1. The molecule has 1 aromatic carbocycles. The van der Waals surface area contributed by atoms with Crippen LogP contribution in [0.4, 0.5) is 5.69 Å². The van der Waals surface area contributed by atoms with Crippen molar-refractivity contribution < 1.29 is 10.0 Å². The van der Waals surface area contributed by atoms with Crippen LogP contribution in [-0.2, 0) is 4.79 Å². The molecule has 2 saturated carbocycles. The Bertz CT molecular complexity index is 585. The Morgan fingerprint density at radius 3 is 2.62 bits per heavy atom. The van der Waals surface area contributed by atoms with Gasteiger partial charge in [-0.3, -0.25) is 4.79 Å². The predicted octanol–water partition coefficient (Wildman–Crippen LogP) is 2.46. The van der Waals surface area contributed by atoms with Gasteiger partial charge in [0.05, 0.1) is 0 Å². The average Bonchev–Trinajstić information content (AvgIpc) is 3.23. The molecule has 2 aliphatic rings. The van der Waals surface area contributed by atoms with E-state index in [9.17, 15) is 4.79 Å². The van der Waals surface area contributed by atoms with E-state index >= 15 is 0 Å². The third kappa shape index (κ3) is 2.60. The normalized spacial score (nSPS) is 27.9. The summed E-state index contributed by atoms with van der Waals surface area (Å²) in [5.74, 6) is 1.52. The number of aryl methyl sites for hydroxylation is 1. The van der Waals surface area contributed by atoms with Gasteiger partial charge in [0.2, 0.25) is 5.91 Å². The van der Waals surface area contributed by atoms with Crippen molar-refractivity contribution in [3.63, 3.8) is 0 Å². The van der Waals surface area contributed by atoms with Crippen LogP contribution < -0.4 is 11.1 Å². The second-order valence-electron chi connectivity index (χ2n) is 6.14. The van der Waals surface area contributed by atoms with Gasteiger partial charge in [0.25, 0.3) is 0 Å². The first-order valence-corrected chi connectivity index (χ1v) is 7.51. The maximum atomic E-state index is 12.4. The monoisotopic (exact) mass is 287 g/mol. The standard InChI is InChI=1S/C16H21N3O2/c1-9-6-7-10(15(17)19-21)8-13(9)18-16(20)14-11-4-2-3-5-12(11)14/h6-8,11-12,14,21H,2-5H2,1H3,(H2,17,19)(H,18,20). The number of carbonyl (C=O) groups excluding carboxylic acids is 1. The van der Waals surface area contributed by atoms with Crippen LogP contribution in [0.25, 0.3) is 0 Å². The van der Waals surface area contributed by atoms with Crippen molar-refractivity contribution in [3.05, 3.63) is 29.3 Å². The highest BCUT2D eigenvalue weighted by molar-refractivity contribution is 6.00. The molecule has 2 unspecified atom stereocenters. The minimum Gasteiger partial charge on any atom is -0.409 e. The summed E-state index contributed by atoms with van der Waals surface area (Å²) in [7, 11) is 0. The second kappa shape index (κ2) is 5.39. The van der Waals surface area contributed by atoms with Crippen LogP contribution in [0.5, 0.6) is 0 Å². The Morgan fingerprint density at radius 2 is 2.00 bits per heavy atom. The molecule has 5 nitrogen and oxygen atoms in total. The predicted molar refractivity (Wildman–Crippen MR) is 81.3 cm³/mol. The summed E-state index contributed by atoms with van der Waals surface area (Å²) >= 11 is 0. The Labute approximate surface area is 124 Å². The first-order chi connectivity index (χ1) is 10.1. The Morgan fingerprint density at radius 1 is 1.33 bits per heavy atom. The lowest BCUT2D eigenvalue weighted by Crippen LogP contribution is -2.18. The zero-order valence-corrected chi connectivity index (χ0v) is 12.2. The summed E-state index contributed by atoms with van der Waals surface area (Å²) in [4.78, 5) is 12.4. The highest BCUT2D eigenvalue weighted by Crippen LogP contribution is 2.55. The number of carbonyl (C=O) groups is 1. The van der Waals surface area contributed by atoms with E-state index in [1.807, 2.05) is 13.0 Å². The number of hydrogen-bond donors (Lipinski definition) is 3. The zero-order chi connectivity index (χ0) is 15.0. The molecule has 3 rings (SSSR count). The number of benzene rings is 1. The van der Waals surface area contributed by atoms with Crippen molar-refractivity contribution in [2.75, 3.05) is 5.32 Å². The molecule has 0 bridgehead atoms. The summed E-state index contributed by atoms with van der Waals surface area (Å²) in [6.45, 7) is 1.94. The molecular formula is C16H21N3O2. The van der Waals surface area contributed by atoms with Gasteiger partial charge in [-0.1, -0.05) is 30.1 Å². The summed E-state index contributed by atoms with van der Waals surface area (Å²) in [6, 6.07) is 5.40. The molecule has 0 heterocycles. The lowest BCUT2D eigenvalue weighted by atomic mass is 10.0. The molecule has 2 fully saturated rings. The molecule has 112 valence electrons. The van der Waals surface area contributed by atoms with Crippen molar-refractivity contribution in [1.29, 1.82) is 0 Å². The lowest BCUT2D eigenvalue weighted by molar-refractivity contribution is -0.117. The third-order valence-electron chi connectivity index (χ3n) is 4.86. The van der Waals surface area contributed by atoms with Gasteiger partial charge in [0, 0.05) is 17.2 Å². The molecule has 1 aromatic rings. The topological polar surface area (TPSA) is 87.7 Å². The van der Waals surface area contributed by atoms with Gasteiger partial charge >= 0.3 is 0 Å². The number of nitrogens with one attached hydrogen (secondary N) is 1. The van der Waals surface area contributed by atoms with E-state index in [0.29, 0.717) is 17.4 Å².